The average molecular weight is 230 g/mol. The van der Waals surface area contributed by atoms with Gasteiger partial charge in [-0.3, -0.25) is 0 Å². The number of aromatic hydroxyl groups is 1. The van der Waals surface area contributed by atoms with Crippen molar-refractivity contribution in [1.29, 1.82) is 0 Å². The number of benzene rings is 1. The number of rotatable bonds is 2. The number of hydrogen-bond donors (Lipinski definition) is 2. The van der Waals surface area contributed by atoms with Gasteiger partial charge in [-0.2, -0.15) is 0 Å². The Morgan fingerprint density at radius 3 is 2.67 bits per heavy atom. The lowest BCUT2D eigenvalue weighted by molar-refractivity contribution is 0.418. The molecular weight excluding hydrogens is 217 g/mol. The van der Waals surface area contributed by atoms with E-state index in [0.29, 0.717) is 22.7 Å². The predicted octanol–water partition coefficient (Wildman–Crippen LogP) is 2.48. The Morgan fingerprint density at radius 1 is 1.60 bits per heavy atom. The Morgan fingerprint density at radius 2 is 2.20 bits per heavy atom. The van der Waals surface area contributed by atoms with Crippen LogP contribution in [0.25, 0.3) is 0 Å². The van der Waals surface area contributed by atoms with E-state index < -0.39 is 5.82 Å². The molecule has 2 nitrogen and oxygen atoms in total. The summed E-state index contributed by atoms with van der Waals surface area (Å²) < 4.78 is 13.4. The van der Waals surface area contributed by atoms with Crippen LogP contribution in [0.1, 0.15) is 24.0 Å². The van der Waals surface area contributed by atoms with E-state index in [1.165, 1.54) is 6.07 Å². The van der Waals surface area contributed by atoms with Gasteiger partial charge in [0.1, 0.15) is 0 Å². The maximum atomic E-state index is 13.4. The van der Waals surface area contributed by atoms with Gasteiger partial charge in [0.25, 0.3) is 0 Å². The van der Waals surface area contributed by atoms with Crippen LogP contribution < -0.4 is 5.73 Å². The van der Waals surface area contributed by atoms with Gasteiger partial charge in [0, 0.05) is 17.5 Å². The zero-order chi connectivity index (χ0) is 11.2. The number of hydrogen-bond acceptors (Lipinski definition) is 2. The fourth-order valence-corrected chi connectivity index (χ4v) is 2.28. The van der Waals surface area contributed by atoms with Crippen LogP contribution in [0.4, 0.5) is 4.39 Å². The Balaban J connectivity index is 2.64. The first-order chi connectivity index (χ1) is 7.02. The van der Waals surface area contributed by atoms with E-state index in [-0.39, 0.29) is 11.2 Å². The molecule has 0 atom stereocenters. The molecule has 1 aromatic rings. The van der Waals surface area contributed by atoms with E-state index in [4.69, 9.17) is 17.3 Å². The minimum atomic E-state index is -0.619. The Kier molecular flexibility index (Phi) is 2.40. The van der Waals surface area contributed by atoms with Crippen molar-refractivity contribution < 1.29 is 9.50 Å². The van der Waals surface area contributed by atoms with Gasteiger partial charge in [-0.15, -0.1) is 0 Å². The third-order valence-corrected chi connectivity index (χ3v) is 3.63. The normalized spacial score (nSPS) is 17.9. The summed E-state index contributed by atoms with van der Waals surface area (Å²) in [4.78, 5) is 0. The maximum absolute atomic E-state index is 13.4. The standard InChI is InChI=1S/C11H13ClFNO/c1-6-4-7(13)10(15)8(9(6)12)11(5-14)2-3-11/h4,15H,2-3,5,14H2,1H3. The van der Waals surface area contributed by atoms with Crippen molar-refractivity contribution in [1.82, 2.24) is 0 Å². The van der Waals surface area contributed by atoms with E-state index in [0.717, 1.165) is 12.8 Å². The minimum Gasteiger partial charge on any atom is -0.505 e. The molecule has 1 aliphatic carbocycles. The van der Waals surface area contributed by atoms with Crippen molar-refractivity contribution in [2.75, 3.05) is 6.54 Å². The van der Waals surface area contributed by atoms with Crippen molar-refractivity contribution in [2.45, 2.75) is 25.2 Å². The highest BCUT2D eigenvalue weighted by atomic mass is 35.5. The Bertz CT molecular complexity index is 389. The maximum Gasteiger partial charge on any atom is 0.165 e. The summed E-state index contributed by atoms with van der Waals surface area (Å²) in [6, 6.07) is 1.24. The second-order valence-corrected chi connectivity index (χ2v) is 4.58. The molecule has 0 aromatic heterocycles. The molecule has 0 spiro atoms. The lowest BCUT2D eigenvalue weighted by Crippen LogP contribution is -2.21. The fourth-order valence-electron chi connectivity index (χ4n) is 1.93. The van der Waals surface area contributed by atoms with Crippen molar-refractivity contribution >= 4 is 11.6 Å². The molecule has 3 N–H and O–H groups in total. The molecule has 0 radical (unpaired) electrons. The molecule has 4 heteroatoms. The third kappa shape index (κ3) is 1.50. The highest BCUT2D eigenvalue weighted by Gasteiger charge is 2.47. The smallest absolute Gasteiger partial charge is 0.165 e. The van der Waals surface area contributed by atoms with Crippen LogP contribution in [0.2, 0.25) is 5.02 Å². The summed E-state index contributed by atoms with van der Waals surface area (Å²) in [5.41, 5.74) is 6.48. The van der Waals surface area contributed by atoms with Gasteiger partial charge in [-0.25, -0.2) is 4.39 Å². The molecule has 82 valence electrons. The van der Waals surface area contributed by atoms with Crippen LogP contribution in [0.3, 0.4) is 0 Å². The first kappa shape index (κ1) is 10.7. The number of phenols is 1. The average Bonchev–Trinajstić information content (AvgIpc) is 2.96. The molecule has 1 saturated carbocycles. The molecule has 0 aliphatic heterocycles. The molecule has 0 bridgehead atoms. The highest BCUT2D eigenvalue weighted by molar-refractivity contribution is 6.32. The first-order valence-corrected chi connectivity index (χ1v) is 5.28. The van der Waals surface area contributed by atoms with Crippen LogP contribution in [0.5, 0.6) is 5.75 Å². The summed E-state index contributed by atoms with van der Waals surface area (Å²) in [5, 5.41) is 10.1. The molecule has 2 rings (SSSR count). The molecule has 0 saturated heterocycles. The molecular formula is C11H13ClFNO. The van der Waals surface area contributed by atoms with E-state index in [2.05, 4.69) is 0 Å². The number of phenolic OH excluding ortho intramolecular Hbond substituents is 1. The summed E-state index contributed by atoms with van der Waals surface area (Å²) in [6.45, 7) is 2.12. The molecule has 0 unspecified atom stereocenters. The molecule has 1 aliphatic rings. The highest BCUT2D eigenvalue weighted by Crippen LogP contribution is 2.53. The van der Waals surface area contributed by atoms with E-state index in [9.17, 15) is 9.50 Å². The van der Waals surface area contributed by atoms with E-state index in [1.54, 1.807) is 6.92 Å². The topological polar surface area (TPSA) is 46.2 Å². The number of nitrogens with two attached hydrogens (primary N) is 1. The fraction of sp³-hybridized carbons (Fsp3) is 0.455. The monoisotopic (exact) mass is 229 g/mol. The lowest BCUT2D eigenvalue weighted by Gasteiger charge is -2.18. The van der Waals surface area contributed by atoms with Crippen LogP contribution in [0, 0.1) is 12.7 Å². The Hall–Kier alpha value is -0.800. The van der Waals surface area contributed by atoms with Gasteiger partial charge < -0.3 is 10.8 Å². The Labute approximate surface area is 92.9 Å². The van der Waals surface area contributed by atoms with Crippen LogP contribution in [-0.2, 0) is 5.41 Å². The van der Waals surface area contributed by atoms with Gasteiger partial charge in [0.2, 0.25) is 0 Å². The SMILES string of the molecule is Cc1cc(F)c(O)c(C2(CN)CC2)c1Cl. The lowest BCUT2D eigenvalue weighted by atomic mass is 9.93. The van der Waals surface area contributed by atoms with Crippen molar-refractivity contribution in [3.8, 4) is 5.75 Å². The van der Waals surface area contributed by atoms with Crippen LogP contribution in [0.15, 0.2) is 6.07 Å². The van der Waals surface area contributed by atoms with Crippen molar-refractivity contribution in [3.63, 3.8) is 0 Å². The number of halogens is 2. The molecule has 1 fully saturated rings. The van der Waals surface area contributed by atoms with Gasteiger partial charge in [0.05, 0.1) is 5.02 Å². The van der Waals surface area contributed by atoms with Gasteiger partial charge in [-0.05, 0) is 31.4 Å². The van der Waals surface area contributed by atoms with Crippen LogP contribution in [-0.4, -0.2) is 11.7 Å². The summed E-state index contributed by atoms with van der Waals surface area (Å²) in [5.74, 6) is -0.958. The zero-order valence-corrected chi connectivity index (χ0v) is 9.24. The molecule has 15 heavy (non-hydrogen) atoms. The minimum absolute atomic E-state index is 0.298. The van der Waals surface area contributed by atoms with Gasteiger partial charge in [-0.1, -0.05) is 11.6 Å². The summed E-state index contributed by atoms with van der Waals surface area (Å²) in [7, 11) is 0. The van der Waals surface area contributed by atoms with E-state index in [1.807, 2.05) is 0 Å². The molecule has 1 aromatic carbocycles. The third-order valence-electron chi connectivity index (χ3n) is 3.15. The van der Waals surface area contributed by atoms with Crippen molar-refractivity contribution in [2.24, 2.45) is 5.73 Å². The first-order valence-electron chi connectivity index (χ1n) is 4.90. The second kappa shape index (κ2) is 3.35. The summed E-state index contributed by atoms with van der Waals surface area (Å²) >= 11 is 6.09. The van der Waals surface area contributed by atoms with Crippen LogP contribution >= 0.6 is 11.6 Å². The zero-order valence-electron chi connectivity index (χ0n) is 8.48. The van der Waals surface area contributed by atoms with E-state index >= 15 is 0 Å². The van der Waals surface area contributed by atoms with Gasteiger partial charge >= 0.3 is 0 Å². The number of aryl methyl sites for hydroxylation is 1. The largest absolute Gasteiger partial charge is 0.505 e. The van der Waals surface area contributed by atoms with Crippen molar-refractivity contribution in [3.05, 3.63) is 28.0 Å². The predicted molar refractivity (Wildman–Crippen MR) is 57.8 cm³/mol. The van der Waals surface area contributed by atoms with Gasteiger partial charge in [0.15, 0.2) is 11.6 Å². The summed E-state index contributed by atoms with van der Waals surface area (Å²) in [6.07, 6.45) is 1.72. The second-order valence-electron chi connectivity index (χ2n) is 4.20. The molecule has 0 heterocycles. The molecule has 0 amide bonds. The quantitative estimate of drug-likeness (QED) is 0.819.